The molecule has 3 heteroatoms. The fourth-order valence-corrected chi connectivity index (χ4v) is 1.25. The molecule has 0 bridgehead atoms. The van der Waals surface area contributed by atoms with Crippen LogP contribution in [0.4, 0.5) is 0 Å². The first-order valence-electron chi connectivity index (χ1n) is 3.88. The van der Waals surface area contributed by atoms with Crippen molar-refractivity contribution in [1.29, 1.82) is 15.8 Å². The van der Waals surface area contributed by atoms with Gasteiger partial charge in [0.25, 0.3) is 0 Å². The van der Waals surface area contributed by atoms with Crippen LogP contribution in [0.1, 0.15) is 12.8 Å². The SMILES string of the molecule is N#CCC1=CC(C#N)CC(C#N)=C1. The maximum absolute atomic E-state index is 8.68. The van der Waals surface area contributed by atoms with Crippen LogP contribution in [-0.2, 0) is 0 Å². The molecule has 13 heavy (non-hydrogen) atoms. The molecular formula is C10H7N3. The van der Waals surface area contributed by atoms with Gasteiger partial charge in [0.1, 0.15) is 0 Å². The Morgan fingerprint density at radius 2 is 2.15 bits per heavy atom. The third-order valence-electron chi connectivity index (χ3n) is 1.81. The number of allylic oxidation sites excluding steroid dienone is 4. The third kappa shape index (κ3) is 2.19. The van der Waals surface area contributed by atoms with E-state index in [-0.39, 0.29) is 12.3 Å². The van der Waals surface area contributed by atoms with Gasteiger partial charge in [0.2, 0.25) is 0 Å². The van der Waals surface area contributed by atoms with Crippen LogP contribution < -0.4 is 0 Å². The van der Waals surface area contributed by atoms with Gasteiger partial charge >= 0.3 is 0 Å². The molecule has 1 atom stereocenters. The van der Waals surface area contributed by atoms with Crippen molar-refractivity contribution in [1.82, 2.24) is 0 Å². The molecule has 1 aliphatic carbocycles. The standard InChI is InChI=1S/C10H7N3/c11-2-1-8-3-9(6-12)5-10(4-8)7-13/h3-4,9H,1,5H2. The quantitative estimate of drug-likeness (QED) is 0.601. The summed E-state index contributed by atoms with van der Waals surface area (Å²) in [6.45, 7) is 0. The molecule has 0 aromatic rings. The second-order valence-electron chi connectivity index (χ2n) is 2.80. The van der Waals surface area contributed by atoms with E-state index in [1.54, 1.807) is 12.2 Å². The Morgan fingerprint density at radius 1 is 1.38 bits per heavy atom. The Kier molecular flexibility index (Phi) is 2.85. The summed E-state index contributed by atoms with van der Waals surface area (Å²) < 4.78 is 0. The van der Waals surface area contributed by atoms with Gasteiger partial charge in [-0.05, 0) is 11.6 Å². The molecule has 3 nitrogen and oxygen atoms in total. The summed E-state index contributed by atoms with van der Waals surface area (Å²) >= 11 is 0. The van der Waals surface area contributed by atoms with Crippen molar-refractivity contribution in [3.05, 3.63) is 23.3 Å². The van der Waals surface area contributed by atoms with Crippen molar-refractivity contribution >= 4 is 0 Å². The zero-order chi connectivity index (χ0) is 9.68. The van der Waals surface area contributed by atoms with Crippen molar-refractivity contribution in [2.24, 2.45) is 5.92 Å². The molecule has 1 rings (SSSR count). The molecule has 1 unspecified atom stereocenters. The molecule has 0 saturated carbocycles. The summed E-state index contributed by atoms with van der Waals surface area (Å²) in [7, 11) is 0. The van der Waals surface area contributed by atoms with Gasteiger partial charge in [0.05, 0.1) is 30.5 Å². The zero-order valence-electron chi connectivity index (χ0n) is 6.99. The second-order valence-corrected chi connectivity index (χ2v) is 2.80. The van der Waals surface area contributed by atoms with E-state index in [0.29, 0.717) is 12.0 Å². The number of hydrogen-bond acceptors (Lipinski definition) is 3. The minimum absolute atomic E-state index is 0.247. The van der Waals surface area contributed by atoms with E-state index in [4.69, 9.17) is 15.8 Å². The second kappa shape index (κ2) is 4.10. The minimum Gasteiger partial charge on any atom is -0.198 e. The van der Waals surface area contributed by atoms with Crippen molar-refractivity contribution in [2.75, 3.05) is 0 Å². The monoisotopic (exact) mass is 169 g/mol. The van der Waals surface area contributed by atoms with Crippen LogP contribution in [-0.4, -0.2) is 0 Å². The number of nitrogens with zero attached hydrogens (tertiary/aromatic N) is 3. The molecule has 0 heterocycles. The van der Waals surface area contributed by atoms with Gasteiger partial charge < -0.3 is 0 Å². The maximum atomic E-state index is 8.68. The highest BCUT2D eigenvalue weighted by atomic mass is 14.3. The van der Waals surface area contributed by atoms with Crippen molar-refractivity contribution in [3.63, 3.8) is 0 Å². The maximum Gasteiger partial charge on any atom is 0.0947 e. The molecule has 0 spiro atoms. The summed E-state index contributed by atoms with van der Waals surface area (Å²) in [5.74, 6) is -0.247. The minimum atomic E-state index is -0.247. The first-order valence-corrected chi connectivity index (χ1v) is 3.88. The third-order valence-corrected chi connectivity index (χ3v) is 1.81. The lowest BCUT2D eigenvalue weighted by Gasteiger charge is -2.10. The molecule has 0 amide bonds. The van der Waals surface area contributed by atoms with Crippen molar-refractivity contribution < 1.29 is 0 Å². The molecule has 0 radical (unpaired) electrons. The molecule has 0 aromatic carbocycles. The van der Waals surface area contributed by atoms with Gasteiger partial charge in [-0.1, -0.05) is 6.08 Å². The molecule has 0 saturated heterocycles. The van der Waals surface area contributed by atoms with E-state index in [0.717, 1.165) is 5.57 Å². The molecular weight excluding hydrogens is 162 g/mol. The van der Waals surface area contributed by atoms with Crippen molar-refractivity contribution in [3.8, 4) is 18.2 Å². The van der Waals surface area contributed by atoms with Crippen LogP contribution >= 0.6 is 0 Å². The van der Waals surface area contributed by atoms with E-state index in [9.17, 15) is 0 Å². The van der Waals surface area contributed by atoms with Crippen molar-refractivity contribution in [2.45, 2.75) is 12.8 Å². The van der Waals surface area contributed by atoms with Crippen LogP contribution in [0.5, 0.6) is 0 Å². The van der Waals surface area contributed by atoms with E-state index >= 15 is 0 Å². The van der Waals surface area contributed by atoms with E-state index in [2.05, 4.69) is 6.07 Å². The first-order chi connectivity index (χ1) is 6.30. The van der Waals surface area contributed by atoms with Gasteiger partial charge in [-0.2, -0.15) is 15.8 Å². The number of nitriles is 3. The Labute approximate surface area is 76.8 Å². The molecule has 0 aliphatic heterocycles. The van der Waals surface area contributed by atoms with Gasteiger partial charge in [-0.25, -0.2) is 0 Å². The number of rotatable bonds is 1. The Morgan fingerprint density at radius 3 is 2.69 bits per heavy atom. The molecule has 1 aliphatic rings. The summed E-state index contributed by atoms with van der Waals surface area (Å²) in [5.41, 5.74) is 1.36. The van der Waals surface area contributed by atoms with Gasteiger partial charge in [-0.3, -0.25) is 0 Å². The van der Waals surface area contributed by atoms with Gasteiger partial charge in [-0.15, -0.1) is 0 Å². The average Bonchev–Trinajstić information content (AvgIpc) is 2.17. The largest absolute Gasteiger partial charge is 0.198 e. The summed E-state index contributed by atoms with van der Waals surface area (Å²) in [5, 5.41) is 25.8. The van der Waals surface area contributed by atoms with Crippen LogP contribution in [0.25, 0.3) is 0 Å². The first kappa shape index (κ1) is 9.04. The Hall–Kier alpha value is -2.05. The summed E-state index contributed by atoms with van der Waals surface area (Å²) in [6, 6.07) is 6.09. The molecule has 0 fully saturated rings. The molecule has 62 valence electrons. The topological polar surface area (TPSA) is 71.4 Å². The number of hydrogen-bond donors (Lipinski definition) is 0. The highest BCUT2D eigenvalue weighted by Crippen LogP contribution is 2.23. The van der Waals surface area contributed by atoms with Gasteiger partial charge in [0.15, 0.2) is 0 Å². The fourth-order valence-electron chi connectivity index (χ4n) is 1.25. The fraction of sp³-hybridized carbons (Fsp3) is 0.300. The lowest BCUT2D eigenvalue weighted by Crippen LogP contribution is -2.01. The van der Waals surface area contributed by atoms with Gasteiger partial charge in [0, 0.05) is 12.0 Å². The van der Waals surface area contributed by atoms with E-state index in [1.165, 1.54) is 0 Å². The van der Waals surface area contributed by atoms with E-state index in [1.807, 2.05) is 12.1 Å². The highest BCUT2D eigenvalue weighted by Gasteiger charge is 2.13. The lowest BCUT2D eigenvalue weighted by atomic mass is 9.91. The molecule has 0 N–H and O–H groups in total. The Balaban J connectivity index is 2.90. The van der Waals surface area contributed by atoms with Crippen LogP contribution in [0.15, 0.2) is 23.3 Å². The summed E-state index contributed by atoms with van der Waals surface area (Å²) in [4.78, 5) is 0. The predicted molar refractivity (Wildman–Crippen MR) is 45.7 cm³/mol. The average molecular weight is 169 g/mol. The van der Waals surface area contributed by atoms with Crippen LogP contribution in [0, 0.1) is 39.9 Å². The normalized spacial score (nSPS) is 20.2. The van der Waals surface area contributed by atoms with Crippen LogP contribution in [0.2, 0.25) is 0 Å². The Bertz CT molecular complexity index is 382. The smallest absolute Gasteiger partial charge is 0.0947 e. The summed E-state index contributed by atoms with van der Waals surface area (Å²) in [6.07, 6.45) is 4.19. The zero-order valence-corrected chi connectivity index (χ0v) is 6.99. The lowest BCUT2D eigenvalue weighted by molar-refractivity contribution is 0.800. The van der Waals surface area contributed by atoms with Crippen LogP contribution in [0.3, 0.4) is 0 Å². The predicted octanol–water partition coefficient (Wildman–Crippen LogP) is 1.82. The highest BCUT2D eigenvalue weighted by molar-refractivity contribution is 5.39. The van der Waals surface area contributed by atoms with E-state index < -0.39 is 0 Å². The molecule has 0 aromatic heterocycles.